The molecule has 0 saturated carbocycles. The highest BCUT2D eigenvalue weighted by Gasteiger charge is 2.30. The number of alkyl halides is 3. The van der Waals surface area contributed by atoms with Gasteiger partial charge in [-0.05, 0) is 36.3 Å². The molecule has 0 heterocycles. The topological polar surface area (TPSA) is 29.1 Å². The minimum Gasteiger partial charge on any atom is -0.323 e. The molecular weight excluding hydrogens is 291 g/mol. The second-order valence-electron chi connectivity index (χ2n) is 4.66. The summed E-state index contributed by atoms with van der Waals surface area (Å²) in [4.78, 5) is 11.7. The minimum atomic E-state index is -4.43. The third kappa shape index (κ3) is 4.77. The predicted molar refractivity (Wildman–Crippen MR) is 79.4 cm³/mol. The van der Waals surface area contributed by atoms with E-state index in [9.17, 15) is 18.0 Å². The summed E-state index contributed by atoms with van der Waals surface area (Å²) in [5, 5.41) is 2.41. The van der Waals surface area contributed by atoms with Crippen LogP contribution in [-0.2, 0) is 17.4 Å². The average molecular weight is 305 g/mol. The monoisotopic (exact) mass is 305 g/mol. The number of halogens is 3. The van der Waals surface area contributed by atoms with E-state index >= 15 is 0 Å². The fraction of sp³-hybridized carbons (Fsp3) is 0.118. The molecule has 0 aliphatic carbocycles. The second-order valence-corrected chi connectivity index (χ2v) is 4.66. The molecule has 0 aliphatic heterocycles. The van der Waals surface area contributed by atoms with E-state index in [1.165, 1.54) is 18.2 Å². The summed E-state index contributed by atoms with van der Waals surface area (Å²) in [5.41, 5.74) is 0.369. The van der Waals surface area contributed by atoms with Gasteiger partial charge in [0.05, 0.1) is 5.56 Å². The van der Waals surface area contributed by atoms with Gasteiger partial charge in [-0.15, -0.1) is 0 Å². The zero-order valence-corrected chi connectivity index (χ0v) is 11.6. The lowest BCUT2D eigenvalue weighted by Crippen LogP contribution is -2.10. The van der Waals surface area contributed by atoms with E-state index in [1.807, 2.05) is 30.3 Å². The van der Waals surface area contributed by atoms with Gasteiger partial charge in [0.1, 0.15) is 0 Å². The summed E-state index contributed by atoms with van der Waals surface area (Å²) in [6.45, 7) is 0. The zero-order valence-electron chi connectivity index (χ0n) is 11.6. The van der Waals surface area contributed by atoms with Crippen LogP contribution in [0.4, 0.5) is 18.9 Å². The van der Waals surface area contributed by atoms with Crippen LogP contribution in [0.2, 0.25) is 0 Å². The first-order valence-corrected chi connectivity index (χ1v) is 6.64. The number of hydrogen-bond donors (Lipinski definition) is 1. The average Bonchev–Trinajstić information content (AvgIpc) is 2.48. The van der Waals surface area contributed by atoms with Gasteiger partial charge in [-0.2, -0.15) is 13.2 Å². The first-order chi connectivity index (χ1) is 10.4. The molecule has 0 fully saturated rings. The molecule has 2 nitrogen and oxygen atoms in total. The largest absolute Gasteiger partial charge is 0.416 e. The standard InChI is InChI=1S/C17H14F3NO/c18-17(19,20)14-9-5-10-15(12-14)21-16(22)11-4-8-13-6-2-1-3-7-13/h1-7,9-12H,8H2,(H,21,22). The van der Waals surface area contributed by atoms with Crippen molar-refractivity contribution in [3.05, 3.63) is 77.9 Å². The molecule has 1 N–H and O–H groups in total. The zero-order chi connectivity index (χ0) is 16.0. The van der Waals surface area contributed by atoms with Gasteiger partial charge in [0, 0.05) is 5.69 Å². The normalized spacial score (nSPS) is 11.6. The van der Waals surface area contributed by atoms with Gasteiger partial charge in [0.25, 0.3) is 0 Å². The lowest BCUT2D eigenvalue weighted by molar-refractivity contribution is -0.137. The van der Waals surface area contributed by atoms with Crippen LogP contribution in [0.3, 0.4) is 0 Å². The van der Waals surface area contributed by atoms with Gasteiger partial charge < -0.3 is 5.32 Å². The number of carbonyl (C=O) groups is 1. The molecule has 22 heavy (non-hydrogen) atoms. The first kappa shape index (κ1) is 15.8. The van der Waals surface area contributed by atoms with Crippen LogP contribution in [0, 0.1) is 0 Å². The van der Waals surface area contributed by atoms with Crippen molar-refractivity contribution in [1.82, 2.24) is 0 Å². The molecule has 0 aliphatic rings. The van der Waals surface area contributed by atoms with Crippen molar-refractivity contribution in [2.75, 3.05) is 5.32 Å². The van der Waals surface area contributed by atoms with Crippen LogP contribution in [0.5, 0.6) is 0 Å². The van der Waals surface area contributed by atoms with Gasteiger partial charge >= 0.3 is 6.18 Å². The number of anilines is 1. The lowest BCUT2D eigenvalue weighted by atomic mass is 10.1. The molecule has 2 rings (SSSR count). The number of benzene rings is 2. The van der Waals surface area contributed by atoms with Crippen LogP contribution in [0.25, 0.3) is 0 Å². The first-order valence-electron chi connectivity index (χ1n) is 6.64. The van der Waals surface area contributed by atoms with E-state index in [0.717, 1.165) is 17.7 Å². The highest BCUT2D eigenvalue weighted by atomic mass is 19.4. The van der Waals surface area contributed by atoms with Crippen LogP contribution in [0.15, 0.2) is 66.7 Å². The Morgan fingerprint density at radius 1 is 1.05 bits per heavy atom. The van der Waals surface area contributed by atoms with Crippen molar-refractivity contribution in [2.24, 2.45) is 0 Å². The van der Waals surface area contributed by atoms with Gasteiger partial charge in [-0.1, -0.05) is 42.5 Å². The highest BCUT2D eigenvalue weighted by Crippen LogP contribution is 2.30. The lowest BCUT2D eigenvalue weighted by Gasteiger charge is -2.08. The van der Waals surface area contributed by atoms with Crippen LogP contribution in [0.1, 0.15) is 11.1 Å². The molecule has 2 aromatic carbocycles. The van der Waals surface area contributed by atoms with Crippen molar-refractivity contribution in [2.45, 2.75) is 12.6 Å². The number of carbonyl (C=O) groups excluding carboxylic acids is 1. The molecule has 2 aromatic rings. The third-order valence-corrected chi connectivity index (χ3v) is 2.92. The Hall–Kier alpha value is -2.56. The van der Waals surface area contributed by atoms with Crippen LogP contribution < -0.4 is 5.32 Å². The number of hydrogen-bond acceptors (Lipinski definition) is 1. The number of amides is 1. The van der Waals surface area contributed by atoms with Crippen molar-refractivity contribution in [1.29, 1.82) is 0 Å². The van der Waals surface area contributed by atoms with Crippen molar-refractivity contribution in [3.63, 3.8) is 0 Å². The molecular formula is C17H14F3NO. The fourth-order valence-corrected chi connectivity index (χ4v) is 1.87. The molecule has 0 atom stereocenters. The molecule has 0 saturated heterocycles. The van der Waals surface area contributed by atoms with E-state index in [1.54, 1.807) is 6.08 Å². The van der Waals surface area contributed by atoms with Crippen LogP contribution >= 0.6 is 0 Å². The molecule has 0 aromatic heterocycles. The van der Waals surface area contributed by atoms with E-state index in [2.05, 4.69) is 5.32 Å². The molecule has 0 bridgehead atoms. The summed E-state index contributed by atoms with van der Waals surface area (Å²) in [6, 6.07) is 14.1. The van der Waals surface area contributed by atoms with Crippen molar-refractivity contribution in [3.8, 4) is 0 Å². The maximum atomic E-state index is 12.6. The third-order valence-electron chi connectivity index (χ3n) is 2.92. The summed E-state index contributed by atoms with van der Waals surface area (Å²) in [6.07, 6.45) is -0.869. The Bertz CT molecular complexity index is 663. The van der Waals surface area contributed by atoms with Crippen molar-refractivity contribution < 1.29 is 18.0 Å². The molecule has 5 heteroatoms. The van der Waals surface area contributed by atoms with E-state index < -0.39 is 17.6 Å². The van der Waals surface area contributed by atoms with Gasteiger partial charge in [0.15, 0.2) is 0 Å². The van der Waals surface area contributed by atoms with E-state index in [0.29, 0.717) is 6.42 Å². The molecule has 1 amide bonds. The molecule has 114 valence electrons. The Balaban J connectivity index is 1.95. The Morgan fingerprint density at radius 2 is 1.77 bits per heavy atom. The second kappa shape index (κ2) is 6.93. The van der Waals surface area contributed by atoms with E-state index in [4.69, 9.17) is 0 Å². The predicted octanol–water partition coefficient (Wildman–Crippen LogP) is 4.44. The van der Waals surface area contributed by atoms with Gasteiger partial charge in [-0.3, -0.25) is 4.79 Å². The van der Waals surface area contributed by atoms with Gasteiger partial charge in [0.2, 0.25) is 5.91 Å². The number of nitrogens with one attached hydrogen (secondary N) is 1. The van der Waals surface area contributed by atoms with Crippen molar-refractivity contribution >= 4 is 11.6 Å². The maximum absolute atomic E-state index is 12.6. The smallest absolute Gasteiger partial charge is 0.323 e. The summed E-state index contributed by atoms with van der Waals surface area (Å²) < 4.78 is 37.7. The summed E-state index contributed by atoms with van der Waals surface area (Å²) >= 11 is 0. The Kier molecular flexibility index (Phi) is 4.99. The minimum absolute atomic E-state index is 0.115. The Labute approximate surface area is 126 Å². The fourth-order valence-electron chi connectivity index (χ4n) is 1.87. The SMILES string of the molecule is O=C(C=CCc1ccccc1)Nc1cccc(C(F)(F)F)c1. The summed E-state index contributed by atoms with van der Waals surface area (Å²) in [5.74, 6) is -0.463. The number of allylic oxidation sites excluding steroid dienone is 1. The molecule has 0 radical (unpaired) electrons. The van der Waals surface area contributed by atoms with Gasteiger partial charge in [-0.25, -0.2) is 0 Å². The quantitative estimate of drug-likeness (QED) is 0.831. The molecule has 0 spiro atoms. The Morgan fingerprint density at radius 3 is 2.45 bits per heavy atom. The molecule has 0 unspecified atom stereocenters. The highest BCUT2D eigenvalue weighted by molar-refractivity contribution is 5.99. The van der Waals surface area contributed by atoms with Crippen LogP contribution in [-0.4, -0.2) is 5.91 Å². The summed E-state index contributed by atoms with van der Waals surface area (Å²) in [7, 11) is 0. The maximum Gasteiger partial charge on any atom is 0.416 e. The number of rotatable bonds is 4. The van der Waals surface area contributed by atoms with E-state index in [-0.39, 0.29) is 5.69 Å².